The van der Waals surface area contributed by atoms with Gasteiger partial charge in [-0.1, -0.05) is 12.1 Å². The summed E-state index contributed by atoms with van der Waals surface area (Å²) in [5.74, 6) is -0.504. The van der Waals surface area contributed by atoms with Crippen molar-refractivity contribution in [3.8, 4) is 17.0 Å². The molecule has 3 aromatic rings. The first-order valence-corrected chi connectivity index (χ1v) is 11.4. The lowest BCUT2D eigenvalue weighted by molar-refractivity contribution is -0.0704. The van der Waals surface area contributed by atoms with Gasteiger partial charge in [0, 0.05) is 36.1 Å². The first-order chi connectivity index (χ1) is 15.4. The molecule has 1 fully saturated rings. The number of rotatable bonds is 6. The standard InChI is InChI=1S/C24H26FN3O3S/c1-15-11-28(12-16(2)31-15)13-17-4-6-18(7-5-17)23(29)27-24-26-21(14-32-24)19-8-9-22(30-3)20(25)10-19/h4-10,14-16H,11-13H2,1-3H3,(H,26,27,29). The van der Waals surface area contributed by atoms with Gasteiger partial charge in [-0.2, -0.15) is 0 Å². The summed E-state index contributed by atoms with van der Waals surface area (Å²) in [6, 6.07) is 12.3. The molecule has 0 aliphatic carbocycles. The molecule has 2 unspecified atom stereocenters. The Labute approximate surface area is 191 Å². The molecule has 0 radical (unpaired) electrons. The molecule has 32 heavy (non-hydrogen) atoms. The minimum absolute atomic E-state index is 0.179. The van der Waals surface area contributed by atoms with Gasteiger partial charge in [0.25, 0.3) is 5.91 Å². The molecule has 4 rings (SSSR count). The van der Waals surface area contributed by atoms with Crippen LogP contribution in [0, 0.1) is 5.82 Å². The van der Waals surface area contributed by atoms with E-state index in [-0.39, 0.29) is 23.9 Å². The number of hydrogen-bond acceptors (Lipinski definition) is 6. The molecule has 1 aliphatic rings. The minimum atomic E-state index is -0.454. The van der Waals surface area contributed by atoms with Crippen LogP contribution in [0.1, 0.15) is 29.8 Å². The Balaban J connectivity index is 1.37. The molecular formula is C24H26FN3O3S. The topological polar surface area (TPSA) is 63.7 Å². The Morgan fingerprint density at radius 2 is 1.94 bits per heavy atom. The van der Waals surface area contributed by atoms with E-state index < -0.39 is 5.82 Å². The van der Waals surface area contributed by atoms with Crippen LogP contribution in [0.15, 0.2) is 47.8 Å². The number of carbonyl (C=O) groups is 1. The Kier molecular flexibility index (Phi) is 6.83. The molecule has 0 bridgehead atoms. The zero-order valence-corrected chi connectivity index (χ0v) is 19.1. The normalized spacial score (nSPS) is 19.0. The number of hydrogen-bond donors (Lipinski definition) is 1. The van der Waals surface area contributed by atoms with Crippen LogP contribution >= 0.6 is 11.3 Å². The van der Waals surface area contributed by atoms with Crippen molar-refractivity contribution >= 4 is 22.4 Å². The number of morpholine rings is 1. The molecule has 2 aromatic carbocycles. The van der Waals surface area contributed by atoms with Crippen molar-refractivity contribution in [3.05, 3.63) is 64.8 Å². The molecule has 0 spiro atoms. The van der Waals surface area contributed by atoms with E-state index >= 15 is 0 Å². The molecular weight excluding hydrogens is 429 g/mol. The maximum Gasteiger partial charge on any atom is 0.257 e. The van der Waals surface area contributed by atoms with Gasteiger partial charge in [-0.15, -0.1) is 11.3 Å². The summed E-state index contributed by atoms with van der Waals surface area (Å²) in [5.41, 5.74) is 2.93. The summed E-state index contributed by atoms with van der Waals surface area (Å²) < 4.78 is 24.7. The molecule has 1 aliphatic heterocycles. The molecule has 0 saturated carbocycles. The van der Waals surface area contributed by atoms with Gasteiger partial charge in [0.15, 0.2) is 16.7 Å². The van der Waals surface area contributed by atoms with E-state index in [1.54, 1.807) is 17.5 Å². The predicted octanol–water partition coefficient (Wildman–Crippen LogP) is 4.82. The number of methoxy groups -OCH3 is 1. The lowest BCUT2D eigenvalue weighted by Crippen LogP contribution is -2.44. The molecule has 168 valence electrons. The summed E-state index contributed by atoms with van der Waals surface area (Å²) in [5, 5.41) is 5.06. The van der Waals surface area contributed by atoms with Crippen molar-refractivity contribution in [2.45, 2.75) is 32.6 Å². The number of anilines is 1. The molecule has 2 heterocycles. The van der Waals surface area contributed by atoms with Crippen LogP contribution in [0.4, 0.5) is 9.52 Å². The summed E-state index contributed by atoms with van der Waals surface area (Å²) in [6.07, 6.45) is 0.447. The van der Waals surface area contributed by atoms with Crippen LogP contribution in [0.25, 0.3) is 11.3 Å². The van der Waals surface area contributed by atoms with E-state index in [0.29, 0.717) is 22.0 Å². The van der Waals surface area contributed by atoms with Crippen LogP contribution in [0.3, 0.4) is 0 Å². The van der Waals surface area contributed by atoms with Crippen molar-refractivity contribution in [3.63, 3.8) is 0 Å². The van der Waals surface area contributed by atoms with Crippen LogP contribution in [-0.4, -0.2) is 48.2 Å². The minimum Gasteiger partial charge on any atom is -0.494 e. The number of nitrogens with one attached hydrogen (secondary N) is 1. The predicted molar refractivity (Wildman–Crippen MR) is 124 cm³/mol. The van der Waals surface area contributed by atoms with Gasteiger partial charge in [0.1, 0.15) is 0 Å². The fraction of sp³-hybridized carbons (Fsp3) is 0.333. The van der Waals surface area contributed by atoms with Gasteiger partial charge in [0.05, 0.1) is 25.0 Å². The highest BCUT2D eigenvalue weighted by atomic mass is 32.1. The summed E-state index contributed by atoms with van der Waals surface area (Å²) in [7, 11) is 1.42. The van der Waals surface area contributed by atoms with Gasteiger partial charge in [-0.3, -0.25) is 15.0 Å². The molecule has 1 N–H and O–H groups in total. The number of amides is 1. The molecule has 1 amide bonds. The quantitative estimate of drug-likeness (QED) is 0.577. The first kappa shape index (κ1) is 22.4. The van der Waals surface area contributed by atoms with Crippen molar-refractivity contribution < 1.29 is 18.7 Å². The Morgan fingerprint density at radius 1 is 1.22 bits per heavy atom. The lowest BCUT2D eigenvalue weighted by Gasteiger charge is -2.35. The summed E-state index contributed by atoms with van der Waals surface area (Å²) >= 11 is 1.29. The van der Waals surface area contributed by atoms with Crippen LogP contribution in [0.2, 0.25) is 0 Å². The van der Waals surface area contributed by atoms with E-state index in [9.17, 15) is 9.18 Å². The zero-order valence-electron chi connectivity index (χ0n) is 18.3. The number of halogens is 1. The molecule has 6 nitrogen and oxygen atoms in total. The van der Waals surface area contributed by atoms with E-state index in [2.05, 4.69) is 29.0 Å². The highest BCUT2D eigenvalue weighted by molar-refractivity contribution is 7.14. The van der Waals surface area contributed by atoms with Crippen molar-refractivity contribution in [1.82, 2.24) is 9.88 Å². The number of nitrogens with zero attached hydrogens (tertiary/aromatic N) is 2. The fourth-order valence-corrected chi connectivity index (χ4v) is 4.61. The second-order valence-electron chi connectivity index (χ2n) is 7.99. The number of carbonyl (C=O) groups excluding carboxylic acids is 1. The van der Waals surface area contributed by atoms with E-state index in [1.165, 1.54) is 24.5 Å². The number of thiazole rings is 1. The molecule has 2 atom stereocenters. The number of aromatic nitrogens is 1. The van der Waals surface area contributed by atoms with Crippen molar-refractivity contribution in [2.75, 3.05) is 25.5 Å². The Hall–Kier alpha value is -2.81. The molecule has 1 saturated heterocycles. The number of ether oxygens (including phenoxy) is 2. The van der Waals surface area contributed by atoms with Crippen LogP contribution in [-0.2, 0) is 11.3 Å². The summed E-state index contributed by atoms with van der Waals surface area (Å²) in [4.78, 5) is 19.4. The van der Waals surface area contributed by atoms with E-state index in [0.717, 1.165) is 25.2 Å². The third kappa shape index (κ3) is 5.32. The van der Waals surface area contributed by atoms with Gasteiger partial charge >= 0.3 is 0 Å². The molecule has 1 aromatic heterocycles. The van der Waals surface area contributed by atoms with Crippen LogP contribution < -0.4 is 10.1 Å². The SMILES string of the molecule is COc1ccc(-c2csc(NC(=O)c3ccc(CN4CC(C)OC(C)C4)cc3)n2)cc1F. The number of benzene rings is 2. The van der Waals surface area contributed by atoms with Gasteiger partial charge in [0.2, 0.25) is 0 Å². The second-order valence-corrected chi connectivity index (χ2v) is 8.85. The van der Waals surface area contributed by atoms with E-state index in [1.807, 2.05) is 24.3 Å². The average molecular weight is 456 g/mol. The Morgan fingerprint density at radius 3 is 2.59 bits per heavy atom. The van der Waals surface area contributed by atoms with Gasteiger partial charge in [-0.05, 0) is 49.7 Å². The monoisotopic (exact) mass is 455 g/mol. The van der Waals surface area contributed by atoms with Gasteiger partial charge < -0.3 is 9.47 Å². The lowest BCUT2D eigenvalue weighted by atomic mass is 10.1. The zero-order chi connectivity index (χ0) is 22.7. The molecule has 8 heteroatoms. The maximum absolute atomic E-state index is 14.0. The smallest absolute Gasteiger partial charge is 0.257 e. The van der Waals surface area contributed by atoms with Crippen molar-refractivity contribution in [1.29, 1.82) is 0 Å². The third-order valence-corrected chi connectivity index (χ3v) is 6.05. The first-order valence-electron chi connectivity index (χ1n) is 10.5. The van der Waals surface area contributed by atoms with Crippen LogP contribution in [0.5, 0.6) is 5.75 Å². The summed E-state index contributed by atoms with van der Waals surface area (Å²) in [6.45, 7) is 6.80. The van der Waals surface area contributed by atoms with Gasteiger partial charge in [-0.25, -0.2) is 9.37 Å². The van der Waals surface area contributed by atoms with E-state index in [4.69, 9.17) is 9.47 Å². The Bertz CT molecular complexity index is 1080. The highest BCUT2D eigenvalue weighted by Gasteiger charge is 2.22. The maximum atomic E-state index is 14.0. The average Bonchev–Trinajstić information content (AvgIpc) is 3.22. The third-order valence-electron chi connectivity index (χ3n) is 5.29. The largest absolute Gasteiger partial charge is 0.494 e. The van der Waals surface area contributed by atoms with Crippen molar-refractivity contribution in [2.24, 2.45) is 0 Å². The second kappa shape index (κ2) is 9.77. The fourth-order valence-electron chi connectivity index (χ4n) is 3.89. The highest BCUT2D eigenvalue weighted by Crippen LogP contribution is 2.28.